The molecule has 2 rings (SSSR count). The fraction of sp³-hybridized carbons (Fsp3) is 0.467. The molecule has 0 bridgehead atoms. The second-order valence-electron chi connectivity index (χ2n) is 4.72. The topological polar surface area (TPSA) is 56.3 Å². The van der Waals surface area contributed by atoms with E-state index in [9.17, 15) is 0 Å². The van der Waals surface area contributed by atoms with Gasteiger partial charge < -0.3 is 14.8 Å². The van der Waals surface area contributed by atoms with E-state index < -0.39 is 0 Å². The van der Waals surface area contributed by atoms with Gasteiger partial charge in [0, 0.05) is 11.6 Å². The highest BCUT2D eigenvalue weighted by Crippen LogP contribution is 2.32. The van der Waals surface area contributed by atoms with Crippen molar-refractivity contribution in [1.29, 1.82) is 0 Å². The van der Waals surface area contributed by atoms with Crippen molar-refractivity contribution in [2.45, 2.75) is 26.3 Å². The van der Waals surface area contributed by atoms with Crippen molar-refractivity contribution in [1.82, 2.24) is 15.5 Å². The van der Waals surface area contributed by atoms with E-state index in [0.717, 1.165) is 40.0 Å². The molecule has 2 aromatic rings. The lowest BCUT2D eigenvalue weighted by Gasteiger charge is -2.08. The molecule has 1 aromatic carbocycles. The Morgan fingerprint density at radius 1 is 1.14 bits per heavy atom. The first-order chi connectivity index (χ1) is 10.2. The summed E-state index contributed by atoms with van der Waals surface area (Å²) >= 11 is 1.59. The van der Waals surface area contributed by atoms with Crippen LogP contribution in [0.2, 0.25) is 0 Å². The van der Waals surface area contributed by atoms with Crippen LogP contribution in [-0.2, 0) is 0 Å². The minimum atomic E-state index is 0.212. The Morgan fingerprint density at radius 2 is 1.81 bits per heavy atom. The summed E-state index contributed by atoms with van der Waals surface area (Å²) in [6.45, 7) is 5.23. The third-order valence-corrected chi connectivity index (χ3v) is 4.27. The Labute approximate surface area is 129 Å². The van der Waals surface area contributed by atoms with E-state index >= 15 is 0 Å². The van der Waals surface area contributed by atoms with Gasteiger partial charge in [0.2, 0.25) is 0 Å². The van der Waals surface area contributed by atoms with Crippen molar-refractivity contribution >= 4 is 11.3 Å². The van der Waals surface area contributed by atoms with Gasteiger partial charge in [0.25, 0.3) is 0 Å². The number of nitrogens with zero attached hydrogens (tertiary/aromatic N) is 2. The molecule has 0 aliphatic rings. The maximum atomic E-state index is 5.29. The van der Waals surface area contributed by atoms with E-state index in [0.29, 0.717) is 0 Å². The average molecular weight is 307 g/mol. The molecule has 0 amide bonds. The number of hydrogen-bond acceptors (Lipinski definition) is 6. The van der Waals surface area contributed by atoms with Gasteiger partial charge in [-0.15, -0.1) is 10.2 Å². The lowest BCUT2D eigenvalue weighted by atomic mass is 10.2. The number of ether oxygens (including phenoxy) is 2. The van der Waals surface area contributed by atoms with Crippen LogP contribution in [-0.4, -0.2) is 31.0 Å². The zero-order valence-corrected chi connectivity index (χ0v) is 13.7. The molecule has 1 atom stereocenters. The molecule has 1 N–H and O–H groups in total. The van der Waals surface area contributed by atoms with Crippen molar-refractivity contribution in [3.8, 4) is 22.1 Å². The third kappa shape index (κ3) is 3.92. The van der Waals surface area contributed by atoms with Crippen molar-refractivity contribution in [2.24, 2.45) is 0 Å². The molecule has 0 aliphatic carbocycles. The van der Waals surface area contributed by atoms with Crippen LogP contribution < -0.4 is 14.8 Å². The number of hydrogen-bond donors (Lipinski definition) is 1. The Bertz CT molecular complexity index is 564. The molecule has 0 saturated heterocycles. The fourth-order valence-corrected chi connectivity index (χ4v) is 2.76. The van der Waals surface area contributed by atoms with Crippen LogP contribution >= 0.6 is 11.3 Å². The number of methoxy groups -OCH3 is 2. The molecular weight excluding hydrogens is 286 g/mol. The molecular formula is C15H21N3O2S. The highest BCUT2D eigenvalue weighted by atomic mass is 32.1. The first kappa shape index (κ1) is 15.7. The molecule has 0 saturated carbocycles. The molecule has 1 aromatic heterocycles. The van der Waals surface area contributed by atoms with E-state index in [1.165, 1.54) is 0 Å². The van der Waals surface area contributed by atoms with Crippen LogP contribution in [0.3, 0.4) is 0 Å². The predicted octanol–water partition coefficient (Wildman–Crippen LogP) is 3.28. The quantitative estimate of drug-likeness (QED) is 0.850. The number of aromatic nitrogens is 2. The molecule has 6 heteroatoms. The fourth-order valence-electron chi connectivity index (χ4n) is 1.91. The summed E-state index contributed by atoms with van der Waals surface area (Å²) < 4.78 is 10.6. The van der Waals surface area contributed by atoms with Crippen molar-refractivity contribution < 1.29 is 9.47 Å². The zero-order valence-electron chi connectivity index (χ0n) is 12.8. The van der Waals surface area contributed by atoms with E-state index in [-0.39, 0.29) is 6.04 Å². The van der Waals surface area contributed by atoms with E-state index in [2.05, 4.69) is 29.4 Å². The van der Waals surface area contributed by atoms with E-state index in [1.54, 1.807) is 25.6 Å². The van der Waals surface area contributed by atoms with Gasteiger partial charge in [-0.1, -0.05) is 18.3 Å². The van der Waals surface area contributed by atoms with Crippen LogP contribution in [0.1, 0.15) is 31.3 Å². The largest absolute Gasteiger partial charge is 0.497 e. The number of nitrogens with one attached hydrogen (secondary N) is 1. The van der Waals surface area contributed by atoms with Gasteiger partial charge >= 0.3 is 0 Å². The lowest BCUT2D eigenvalue weighted by molar-refractivity contribution is 0.394. The van der Waals surface area contributed by atoms with Crippen molar-refractivity contribution in [3.05, 3.63) is 23.2 Å². The average Bonchev–Trinajstić information content (AvgIpc) is 3.02. The molecule has 5 nitrogen and oxygen atoms in total. The Balaban J connectivity index is 2.24. The minimum Gasteiger partial charge on any atom is -0.497 e. The van der Waals surface area contributed by atoms with Gasteiger partial charge in [0.15, 0.2) is 0 Å². The Morgan fingerprint density at radius 3 is 2.38 bits per heavy atom. The summed E-state index contributed by atoms with van der Waals surface area (Å²) in [6.07, 6.45) is 1.10. The van der Waals surface area contributed by atoms with Gasteiger partial charge in [0.05, 0.1) is 20.3 Å². The lowest BCUT2D eigenvalue weighted by Crippen LogP contribution is -2.18. The molecule has 0 fully saturated rings. The normalized spacial score (nSPS) is 12.2. The van der Waals surface area contributed by atoms with Crippen LogP contribution in [0.15, 0.2) is 18.2 Å². The molecule has 21 heavy (non-hydrogen) atoms. The summed E-state index contributed by atoms with van der Waals surface area (Å²) in [7, 11) is 3.28. The van der Waals surface area contributed by atoms with Crippen molar-refractivity contribution in [3.63, 3.8) is 0 Å². The van der Waals surface area contributed by atoms with E-state index in [4.69, 9.17) is 9.47 Å². The molecule has 1 unspecified atom stereocenters. The Kier molecular flexibility index (Phi) is 5.52. The summed E-state index contributed by atoms with van der Waals surface area (Å²) in [5, 5.41) is 13.8. The maximum absolute atomic E-state index is 5.29. The predicted molar refractivity (Wildman–Crippen MR) is 85.2 cm³/mol. The molecule has 0 aliphatic heterocycles. The highest BCUT2D eigenvalue weighted by molar-refractivity contribution is 7.14. The standard InChI is InChI=1S/C15H21N3O2S/c1-5-6-16-10(2)14-17-18-15(21-14)11-7-12(19-3)9-13(8-11)20-4/h7-10,16H,5-6H2,1-4H3. The molecule has 114 valence electrons. The smallest absolute Gasteiger partial charge is 0.148 e. The van der Waals surface area contributed by atoms with E-state index in [1.807, 2.05) is 18.2 Å². The summed E-state index contributed by atoms with van der Waals surface area (Å²) in [5.41, 5.74) is 0.956. The number of benzene rings is 1. The van der Waals surface area contributed by atoms with Crippen molar-refractivity contribution in [2.75, 3.05) is 20.8 Å². The van der Waals surface area contributed by atoms with Gasteiger partial charge in [-0.05, 0) is 32.0 Å². The molecule has 0 radical (unpaired) electrons. The molecule has 1 heterocycles. The monoisotopic (exact) mass is 307 g/mol. The SMILES string of the molecule is CCCNC(C)c1nnc(-c2cc(OC)cc(OC)c2)s1. The van der Waals surface area contributed by atoms with Crippen LogP contribution in [0.5, 0.6) is 11.5 Å². The summed E-state index contributed by atoms with van der Waals surface area (Å²) in [5.74, 6) is 1.50. The van der Waals surface area contributed by atoms with Crippen LogP contribution in [0.25, 0.3) is 10.6 Å². The Hall–Kier alpha value is -1.66. The van der Waals surface area contributed by atoms with Gasteiger partial charge in [-0.25, -0.2) is 0 Å². The first-order valence-electron chi connectivity index (χ1n) is 6.98. The van der Waals surface area contributed by atoms with Gasteiger partial charge in [-0.3, -0.25) is 0 Å². The summed E-state index contributed by atoms with van der Waals surface area (Å²) in [6, 6.07) is 5.94. The zero-order chi connectivity index (χ0) is 15.2. The van der Waals surface area contributed by atoms with Crippen LogP contribution in [0.4, 0.5) is 0 Å². The third-order valence-electron chi connectivity index (χ3n) is 3.11. The second kappa shape index (κ2) is 7.38. The first-order valence-corrected chi connectivity index (χ1v) is 7.79. The summed E-state index contributed by atoms with van der Waals surface area (Å²) in [4.78, 5) is 0. The number of rotatable bonds is 7. The second-order valence-corrected chi connectivity index (χ2v) is 5.73. The van der Waals surface area contributed by atoms with Crippen LogP contribution in [0, 0.1) is 0 Å². The van der Waals surface area contributed by atoms with Gasteiger partial charge in [0.1, 0.15) is 21.5 Å². The van der Waals surface area contributed by atoms with Gasteiger partial charge in [-0.2, -0.15) is 0 Å². The molecule has 0 spiro atoms. The minimum absolute atomic E-state index is 0.212. The maximum Gasteiger partial charge on any atom is 0.148 e. The highest BCUT2D eigenvalue weighted by Gasteiger charge is 2.14.